The molecular weight excluding hydrogens is 268 g/mol. The molecule has 0 bridgehead atoms. The number of amides is 1. The SMILES string of the molecule is Cc1c(NC(=O)CCCCCCN)sc2c1CCCC2. The molecule has 1 aromatic rings. The highest BCUT2D eigenvalue weighted by Gasteiger charge is 2.18. The van der Waals surface area contributed by atoms with Crippen LogP contribution in [0.4, 0.5) is 5.00 Å². The summed E-state index contributed by atoms with van der Waals surface area (Å²) in [5.74, 6) is 0.166. The molecule has 20 heavy (non-hydrogen) atoms. The van der Waals surface area contributed by atoms with Crippen molar-refractivity contribution in [3.63, 3.8) is 0 Å². The third-order valence-corrected chi connectivity index (χ3v) is 5.36. The maximum atomic E-state index is 12.0. The molecule has 0 aliphatic heterocycles. The molecule has 0 atom stereocenters. The first-order valence-electron chi connectivity index (χ1n) is 7.83. The molecule has 0 aromatic carbocycles. The predicted octanol–water partition coefficient (Wildman–Crippen LogP) is 3.78. The van der Waals surface area contributed by atoms with Crippen LogP contribution in [0, 0.1) is 6.92 Å². The van der Waals surface area contributed by atoms with E-state index in [2.05, 4.69) is 12.2 Å². The average Bonchev–Trinajstić information content (AvgIpc) is 2.76. The third kappa shape index (κ3) is 4.06. The van der Waals surface area contributed by atoms with Crippen LogP contribution in [0.1, 0.15) is 60.9 Å². The molecule has 4 heteroatoms. The lowest BCUT2D eigenvalue weighted by atomic mass is 9.96. The summed E-state index contributed by atoms with van der Waals surface area (Å²) in [5, 5.41) is 4.20. The number of carbonyl (C=O) groups is 1. The minimum Gasteiger partial charge on any atom is -0.330 e. The minimum atomic E-state index is 0.166. The van der Waals surface area contributed by atoms with Crippen molar-refractivity contribution >= 4 is 22.2 Å². The van der Waals surface area contributed by atoms with Gasteiger partial charge in [-0.15, -0.1) is 11.3 Å². The quantitative estimate of drug-likeness (QED) is 0.752. The molecule has 1 aromatic heterocycles. The van der Waals surface area contributed by atoms with Crippen molar-refractivity contribution in [1.82, 2.24) is 0 Å². The van der Waals surface area contributed by atoms with Crippen LogP contribution in [0.25, 0.3) is 0 Å². The van der Waals surface area contributed by atoms with Gasteiger partial charge in [-0.05, 0) is 63.1 Å². The fourth-order valence-corrected chi connectivity index (χ4v) is 4.13. The van der Waals surface area contributed by atoms with Gasteiger partial charge in [0.2, 0.25) is 5.91 Å². The number of nitrogens with one attached hydrogen (secondary N) is 1. The molecule has 0 radical (unpaired) electrons. The van der Waals surface area contributed by atoms with Crippen LogP contribution < -0.4 is 11.1 Å². The molecule has 0 saturated heterocycles. The number of anilines is 1. The largest absolute Gasteiger partial charge is 0.330 e. The van der Waals surface area contributed by atoms with E-state index in [1.807, 2.05) is 0 Å². The molecule has 2 rings (SSSR count). The molecule has 3 N–H and O–H groups in total. The Kier molecular flexibility index (Phi) is 6.05. The Bertz CT molecular complexity index is 454. The van der Waals surface area contributed by atoms with E-state index < -0.39 is 0 Å². The first-order chi connectivity index (χ1) is 9.72. The highest BCUT2D eigenvalue weighted by Crippen LogP contribution is 2.37. The van der Waals surface area contributed by atoms with Crippen molar-refractivity contribution in [2.24, 2.45) is 5.73 Å². The molecule has 3 nitrogen and oxygen atoms in total. The molecule has 0 spiro atoms. The van der Waals surface area contributed by atoms with Gasteiger partial charge in [0.15, 0.2) is 0 Å². The Labute approximate surface area is 125 Å². The van der Waals surface area contributed by atoms with Gasteiger partial charge in [-0.25, -0.2) is 0 Å². The predicted molar refractivity (Wildman–Crippen MR) is 86.5 cm³/mol. The molecule has 0 fully saturated rings. The Morgan fingerprint density at radius 2 is 1.95 bits per heavy atom. The first-order valence-corrected chi connectivity index (χ1v) is 8.65. The molecule has 0 unspecified atom stereocenters. The standard InChI is InChI=1S/C16H26N2OS/c1-12-13-8-5-6-9-14(13)20-16(12)18-15(19)10-4-2-3-7-11-17/h2-11,17H2,1H3,(H,18,19). The van der Waals surface area contributed by atoms with Crippen molar-refractivity contribution < 1.29 is 4.79 Å². The lowest BCUT2D eigenvalue weighted by Crippen LogP contribution is -2.11. The van der Waals surface area contributed by atoms with E-state index >= 15 is 0 Å². The number of aryl methyl sites for hydroxylation is 1. The molecule has 1 aliphatic rings. The normalized spacial score (nSPS) is 14.1. The smallest absolute Gasteiger partial charge is 0.224 e. The summed E-state index contributed by atoms with van der Waals surface area (Å²) in [7, 11) is 0. The number of carbonyl (C=O) groups excluding carboxylic acids is 1. The van der Waals surface area contributed by atoms with Gasteiger partial charge in [-0.2, -0.15) is 0 Å². The van der Waals surface area contributed by atoms with E-state index in [-0.39, 0.29) is 5.91 Å². The summed E-state index contributed by atoms with van der Waals surface area (Å²) in [6.07, 6.45) is 9.87. The second-order valence-electron chi connectivity index (χ2n) is 5.67. The number of thiophene rings is 1. The maximum Gasteiger partial charge on any atom is 0.224 e. The van der Waals surface area contributed by atoms with Crippen LogP contribution in [0.3, 0.4) is 0 Å². The van der Waals surface area contributed by atoms with Gasteiger partial charge in [-0.1, -0.05) is 12.8 Å². The Morgan fingerprint density at radius 1 is 1.20 bits per heavy atom. The average molecular weight is 294 g/mol. The summed E-state index contributed by atoms with van der Waals surface area (Å²) in [6, 6.07) is 0. The third-order valence-electron chi connectivity index (χ3n) is 4.05. The van der Waals surface area contributed by atoms with Crippen molar-refractivity contribution in [2.75, 3.05) is 11.9 Å². The van der Waals surface area contributed by atoms with E-state index in [0.717, 1.165) is 37.2 Å². The van der Waals surface area contributed by atoms with Crippen LogP contribution in [0.5, 0.6) is 0 Å². The van der Waals surface area contributed by atoms with Gasteiger partial charge in [0.05, 0.1) is 5.00 Å². The highest BCUT2D eigenvalue weighted by molar-refractivity contribution is 7.16. The van der Waals surface area contributed by atoms with Gasteiger partial charge in [-0.3, -0.25) is 4.79 Å². The number of hydrogen-bond acceptors (Lipinski definition) is 3. The topological polar surface area (TPSA) is 55.1 Å². The zero-order valence-corrected chi connectivity index (χ0v) is 13.3. The van der Waals surface area contributed by atoms with E-state index in [0.29, 0.717) is 6.42 Å². The number of rotatable bonds is 7. The summed E-state index contributed by atoms with van der Waals surface area (Å²) in [5.41, 5.74) is 8.27. The molecule has 1 heterocycles. The van der Waals surface area contributed by atoms with Crippen LogP contribution >= 0.6 is 11.3 Å². The fourth-order valence-electron chi connectivity index (χ4n) is 2.82. The Hall–Kier alpha value is -0.870. The molecule has 1 aliphatic carbocycles. The second kappa shape index (κ2) is 7.79. The van der Waals surface area contributed by atoms with Crippen molar-refractivity contribution in [3.05, 3.63) is 16.0 Å². The van der Waals surface area contributed by atoms with Gasteiger partial charge in [0, 0.05) is 11.3 Å². The Morgan fingerprint density at radius 3 is 2.70 bits per heavy atom. The van der Waals surface area contributed by atoms with E-state index in [1.54, 1.807) is 11.3 Å². The summed E-state index contributed by atoms with van der Waals surface area (Å²) >= 11 is 1.79. The Balaban J connectivity index is 1.81. The van der Waals surface area contributed by atoms with Crippen LogP contribution in [0.15, 0.2) is 0 Å². The lowest BCUT2D eigenvalue weighted by molar-refractivity contribution is -0.116. The number of unbranched alkanes of at least 4 members (excludes halogenated alkanes) is 3. The highest BCUT2D eigenvalue weighted by atomic mass is 32.1. The van der Waals surface area contributed by atoms with E-state index in [9.17, 15) is 4.79 Å². The molecule has 112 valence electrons. The second-order valence-corrected chi connectivity index (χ2v) is 6.77. The van der Waals surface area contributed by atoms with Crippen molar-refractivity contribution in [3.8, 4) is 0 Å². The van der Waals surface area contributed by atoms with E-state index in [1.165, 1.54) is 41.7 Å². The van der Waals surface area contributed by atoms with Gasteiger partial charge >= 0.3 is 0 Å². The van der Waals surface area contributed by atoms with Crippen LogP contribution in [0.2, 0.25) is 0 Å². The fraction of sp³-hybridized carbons (Fsp3) is 0.688. The van der Waals surface area contributed by atoms with Crippen molar-refractivity contribution in [1.29, 1.82) is 0 Å². The van der Waals surface area contributed by atoms with E-state index in [4.69, 9.17) is 5.73 Å². The zero-order chi connectivity index (χ0) is 14.4. The summed E-state index contributed by atoms with van der Waals surface area (Å²) in [4.78, 5) is 13.5. The molecule has 1 amide bonds. The van der Waals surface area contributed by atoms with Crippen LogP contribution in [-0.4, -0.2) is 12.5 Å². The van der Waals surface area contributed by atoms with Crippen molar-refractivity contribution in [2.45, 2.75) is 64.7 Å². The maximum absolute atomic E-state index is 12.0. The van der Waals surface area contributed by atoms with Gasteiger partial charge in [0.25, 0.3) is 0 Å². The first kappa shape index (κ1) is 15.5. The summed E-state index contributed by atoms with van der Waals surface area (Å²) < 4.78 is 0. The minimum absolute atomic E-state index is 0.166. The number of nitrogens with two attached hydrogens (primary N) is 1. The zero-order valence-electron chi connectivity index (χ0n) is 12.5. The number of hydrogen-bond donors (Lipinski definition) is 2. The summed E-state index contributed by atoms with van der Waals surface area (Å²) in [6.45, 7) is 2.91. The molecule has 0 saturated carbocycles. The van der Waals surface area contributed by atoms with Gasteiger partial charge < -0.3 is 11.1 Å². The number of fused-ring (bicyclic) bond motifs is 1. The molecular formula is C16H26N2OS. The van der Waals surface area contributed by atoms with Crippen LogP contribution in [-0.2, 0) is 17.6 Å². The monoisotopic (exact) mass is 294 g/mol. The van der Waals surface area contributed by atoms with Gasteiger partial charge in [0.1, 0.15) is 0 Å². The lowest BCUT2D eigenvalue weighted by Gasteiger charge is -2.10.